The van der Waals surface area contributed by atoms with Gasteiger partial charge in [-0.2, -0.15) is 0 Å². The van der Waals surface area contributed by atoms with Gasteiger partial charge in [-0.3, -0.25) is 4.79 Å². The van der Waals surface area contributed by atoms with Crippen molar-refractivity contribution in [3.05, 3.63) is 44.4 Å². The molecule has 0 fully saturated rings. The zero-order chi connectivity index (χ0) is 14.9. The number of amides is 1. The summed E-state index contributed by atoms with van der Waals surface area (Å²) < 4.78 is 0. The number of anilines is 2. The highest BCUT2D eigenvalue weighted by atomic mass is 35.5. The molecule has 0 saturated heterocycles. The highest BCUT2D eigenvalue weighted by Gasteiger charge is 2.15. The van der Waals surface area contributed by atoms with E-state index in [2.05, 4.69) is 15.3 Å². The smallest absolute Gasteiger partial charge is 0.255 e. The van der Waals surface area contributed by atoms with Gasteiger partial charge in [0.05, 0.1) is 15.7 Å². The molecule has 1 aromatic carbocycles. The minimum absolute atomic E-state index is 0.0198. The van der Waals surface area contributed by atoms with Crippen molar-refractivity contribution < 1.29 is 4.79 Å². The molecule has 20 heavy (non-hydrogen) atoms. The number of nitrogens with zero attached hydrogens (tertiary/aromatic N) is 2. The van der Waals surface area contributed by atoms with Crippen molar-refractivity contribution in [2.45, 2.75) is 0 Å². The van der Waals surface area contributed by atoms with Crippen LogP contribution in [0.1, 0.15) is 10.4 Å². The Morgan fingerprint density at radius 3 is 2.25 bits per heavy atom. The standard InChI is InChI=1S/C11H6Cl4N4O/c12-5-1-4(2-6(16)7(5)13)11(20)19-8-9(14)17-3-18-10(8)15/h1-3H,16H2,(H,19,20). The third-order valence-corrected chi connectivity index (χ3v) is 3.70. The van der Waals surface area contributed by atoms with Crippen LogP contribution in [-0.4, -0.2) is 15.9 Å². The number of carbonyl (C=O) groups is 1. The zero-order valence-corrected chi connectivity index (χ0v) is 12.6. The van der Waals surface area contributed by atoms with Gasteiger partial charge >= 0.3 is 0 Å². The summed E-state index contributed by atoms with van der Waals surface area (Å²) in [6, 6.07) is 2.76. The van der Waals surface area contributed by atoms with Crippen molar-refractivity contribution in [1.29, 1.82) is 0 Å². The van der Waals surface area contributed by atoms with Crippen molar-refractivity contribution in [3.63, 3.8) is 0 Å². The lowest BCUT2D eigenvalue weighted by atomic mass is 10.2. The quantitative estimate of drug-likeness (QED) is 0.634. The fraction of sp³-hybridized carbons (Fsp3) is 0. The normalized spacial score (nSPS) is 10.4. The van der Waals surface area contributed by atoms with E-state index in [9.17, 15) is 4.79 Å². The van der Waals surface area contributed by atoms with Crippen LogP contribution in [0.5, 0.6) is 0 Å². The Hall–Kier alpha value is -1.27. The highest BCUT2D eigenvalue weighted by molar-refractivity contribution is 6.44. The van der Waals surface area contributed by atoms with E-state index >= 15 is 0 Å². The number of hydrogen-bond acceptors (Lipinski definition) is 4. The van der Waals surface area contributed by atoms with Crippen molar-refractivity contribution in [3.8, 4) is 0 Å². The number of benzene rings is 1. The maximum absolute atomic E-state index is 12.1. The van der Waals surface area contributed by atoms with Crippen molar-refractivity contribution >= 4 is 63.7 Å². The maximum Gasteiger partial charge on any atom is 0.255 e. The number of nitrogens with two attached hydrogens (primary N) is 1. The lowest BCUT2D eigenvalue weighted by molar-refractivity contribution is 0.102. The van der Waals surface area contributed by atoms with E-state index in [0.29, 0.717) is 0 Å². The maximum atomic E-state index is 12.1. The number of nitrogens with one attached hydrogen (secondary N) is 1. The van der Waals surface area contributed by atoms with Crippen LogP contribution in [0.2, 0.25) is 20.4 Å². The van der Waals surface area contributed by atoms with Crippen LogP contribution in [0.25, 0.3) is 0 Å². The molecular weight excluding hydrogens is 346 g/mol. The molecule has 0 atom stereocenters. The van der Waals surface area contributed by atoms with Crippen molar-refractivity contribution in [2.24, 2.45) is 0 Å². The van der Waals surface area contributed by atoms with Crippen LogP contribution < -0.4 is 11.1 Å². The van der Waals surface area contributed by atoms with Gasteiger partial charge in [0.1, 0.15) is 12.0 Å². The van der Waals surface area contributed by atoms with Gasteiger partial charge in [0.15, 0.2) is 10.3 Å². The van der Waals surface area contributed by atoms with Crippen LogP contribution in [0.15, 0.2) is 18.5 Å². The largest absolute Gasteiger partial charge is 0.397 e. The number of nitrogen functional groups attached to an aromatic ring is 1. The second kappa shape index (κ2) is 6.01. The molecule has 9 heteroatoms. The molecule has 0 aliphatic heterocycles. The van der Waals surface area contributed by atoms with Crippen LogP contribution in [0.3, 0.4) is 0 Å². The SMILES string of the molecule is Nc1cc(C(=O)Nc2c(Cl)ncnc2Cl)cc(Cl)c1Cl. The molecular formula is C11H6Cl4N4O. The number of hydrogen-bond donors (Lipinski definition) is 2. The molecule has 1 aromatic heterocycles. The van der Waals surface area contributed by atoms with Crippen LogP contribution in [0.4, 0.5) is 11.4 Å². The van der Waals surface area contributed by atoms with Crippen LogP contribution >= 0.6 is 46.4 Å². The highest BCUT2D eigenvalue weighted by Crippen LogP contribution is 2.31. The summed E-state index contributed by atoms with van der Waals surface area (Å²) in [5.74, 6) is -0.520. The van der Waals surface area contributed by atoms with Gasteiger partial charge < -0.3 is 11.1 Å². The van der Waals surface area contributed by atoms with Gasteiger partial charge in [-0.05, 0) is 12.1 Å². The van der Waals surface area contributed by atoms with Gasteiger partial charge in [0, 0.05) is 5.56 Å². The fourth-order valence-electron chi connectivity index (χ4n) is 1.37. The van der Waals surface area contributed by atoms with E-state index in [1.807, 2.05) is 0 Å². The Balaban J connectivity index is 2.34. The van der Waals surface area contributed by atoms with Crippen LogP contribution in [-0.2, 0) is 0 Å². The molecule has 1 amide bonds. The predicted octanol–water partition coefficient (Wildman–Crippen LogP) is 3.92. The first kappa shape index (κ1) is 15.1. The lowest BCUT2D eigenvalue weighted by Gasteiger charge is -2.09. The lowest BCUT2D eigenvalue weighted by Crippen LogP contribution is -2.14. The van der Waals surface area contributed by atoms with E-state index in [-0.39, 0.29) is 37.3 Å². The number of aromatic nitrogens is 2. The summed E-state index contributed by atoms with van der Waals surface area (Å²) in [5, 5.41) is 2.87. The molecule has 3 N–H and O–H groups in total. The van der Waals surface area contributed by atoms with Crippen molar-refractivity contribution in [2.75, 3.05) is 11.1 Å². The summed E-state index contributed by atoms with van der Waals surface area (Å²) in [5.41, 5.74) is 6.13. The third kappa shape index (κ3) is 3.07. The Morgan fingerprint density at radius 2 is 1.70 bits per heavy atom. The number of carbonyl (C=O) groups excluding carboxylic acids is 1. The molecule has 0 aliphatic carbocycles. The van der Waals surface area contributed by atoms with Gasteiger partial charge in [-0.15, -0.1) is 0 Å². The Morgan fingerprint density at radius 1 is 1.10 bits per heavy atom. The van der Waals surface area contributed by atoms with Crippen molar-refractivity contribution in [1.82, 2.24) is 9.97 Å². The third-order valence-electron chi connectivity index (χ3n) is 2.31. The molecule has 0 spiro atoms. The fourth-order valence-corrected chi connectivity index (χ4v) is 2.12. The average molecular weight is 352 g/mol. The molecule has 104 valence electrons. The Bertz CT molecular complexity index is 649. The van der Waals surface area contributed by atoms with E-state index in [0.717, 1.165) is 0 Å². The first-order valence-corrected chi connectivity index (χ1v) is 6.63. The second-order valence-corrected chi connectivity index (χ2v) is 5.15. The molecule has 2 rings (SSSR count). The summed E-state index contributed by atoms with van der Waals surface area (Å²) in [4.78, 5) is 19.5. The number of halogens is 4. The van der Waals surface area contributed by atoms with Crippen LogP contribution in [0, 0.1) is 0 Å². The first-order valence-electron chi connectivity index (χ1n) is 5.12. The monoisotopic (exact) mass is 350 g/mol. The van der Waals surface area contributed by atoms with E-state index < -0.39 is 5.91 Å². The zero-order valence-electron chi connectivity index (χ0n) is 9.62. The summed E-state index contributed by atoms with van der Waals surface area (Å²) in [6.07, 6.45) is 1.18. The molecule has 0 radical (unpaired) electrons. The summed E-state index contributed by atoms with van der Waals surface area (Å²) >= 11 is 23.3. The predicted molar refractivity (Wildman–Crippen MR) is 80.9 cm³/mol. The Labute approximate surface area is 134 Å². The molecule has 2 aromatic rings. The van der Waals surface area contributed by atoms with E-state index in [1.165, 1.54) is 18.5 Å². The molecule has 1 heterocycles. The molecule has 0 bridgehead atoms. The molecule has 0 aliphatic rings. The van der Waals surface area contributed by atoms with E-state index in [1.54, 1.807) is 0 Å². The van der Waals surface area contributed by atoms with Gasteiger partial charge in [0.25, 0.3) is 5.91 Å². The average Bonchev–Trinajstić information content (AvgIpc) is 2.39. The second-order valence-electron chi connectivity index (χ2n) is 3.65. The topological polar surface area (TPSA) is 80.9 Å². The van der Waals surface area contributed by atoms with Gasteiger partial charge in [-0.25, -0.2) is 9.97 Å². The minimum atomic E-state index is -0.520. The minimum Gasteiger partial charge on any atom is -0.397 e. The van der Waals surface area contributed by atoms with Gasteiger partial charge in [0.2, 0.25) is 0 Å². The summed E-state index contributed by atoms with van der Waals surface area (Å²) in [7, 11) is 0. The van der Waals surface area contributed by atoms with E-state index in [4.69, 9.17) is 52.1 Å². The first-order chi connectivity index (χ1) is 9.40. The summed E-state index contributed by atoms with van der Waals surface area (Å²) in [6.45, 7) is 0. The Kier molecular flexibility index (Phi) is 4.55. The van der Waals surface area contributed by atoms with Gasteiger partial charge in [-0.1, -0.05) is 46.4 Å². The molecule has 0 saturated carbocycles. The number of rotatable bonds is 2. The molecule has 0 unspecified atom stereocenters. The molecule has 5 nitrogen and oxygen atoms in total.